The quantitative estimate of drug-likeness (QED) is 0.531. The van der Waals surface area contributed by atoms with Crippen LogP contribution < -0.4 is 5.01 Å². The third-order valence-corrected chi connectivity index (χ3v) is 3.38. The number of hydrogen-bond donors (Lipinski definition) is 0. The predicted molar refractivity (Wildman–Crippen MR) is 94.0 cm³/mol. The van der Waals surface area contributed by atoms with Gasteiger partial charge in [0.15, 0.2) is 5.82 Å². The average molecular weight is 302 g/mol. The Bertz CT molecular complexity index is 758. The van der Waals surface area contributed by atoms with Gasteiger partial charge >= 0.3 is 0 Å². The van der Waals surface area contributed by atoms with Crippen LogP contribution in [0.4, 0.5) is 11.5 Å². The summed E-state index contributed by atoms with van der Waals surface area (Å²) in [6.45, 7) is 3.94. The van der Waals surface area contributed by atoms with Gasteiger partial charge < -0.3 is 0 Å². The highest BCUT2D eigenvalue weighted by molar-refractivity contribution is 5.97. The summed E-state index contributed by atoms with van der Waals surface area (Å²) in [4.78, 5) is 8.95. The minimum absolute atomic E-state index is 0.769. The Morgan fingerprint density at radius 1 is 0.913 bits per heavy atom. The third-order valence-electron chi connectivity index (χ3n) is 3.38. The molecular formula is C19H18N4. The first-order valence-electron chi connectivity index (χ1n) is 7.49. The molecule has 2 heterocycles. The van der Waals surface area contributed by atoms with E-state index in [2.05, 4.69) is 9.97 Å². The lowest BCUT2D eigenvalue weighted by molar-refractivity contribution is 1.03. The van der Waals surface area contributed by atoms with Gasteiger partial charge in [0.1, 0.15) is 0 Å². The standard InChI is InChI=1S/C19H18N4/c1-15-9-8-12-18(21-15)16(2)22-23(17-10-4-3-5-11-17)19-13-6-7-14-20-19/h3-14H,1-2H3/b22-16+. The largest absolute Gasteiger partial charge is 0.252 e. The molecular weight excluding hydrogens is 284 g/mol. The van der Waals surface area contributed by atoms with Gasteiger partial charge in [-0.1, -0.05) is 30.3 Å². The number of hydrogen-bond acceptors (Lipinski definition) is 4. The Labute approximate surface area is 136 Å². The zero-order valence-electron chi connectivity index (χ0n) is 13.2. The molecule has 0 aliphatic rings. The Kier molecular flexibility index (Phi) is 4.43. The van der Waals surface area contributed by atoms with E-state index in [1.54, 1.807) is 6.20 Å². The molecule has 0 radical (unpaired) electrons. The first kappa shape index (κ1) is 14.9. The molecule has 0 amide bonds. The molecule has 1 aromatic carbocycles. The second kappa shape index (κ2) is 6.83. The van der Waals surface area contributed by atoms with Crippen LogP contribution in [0.3, 0.4) is 0 Å². The van der Waals surface area contributed by atoms with Gasteiger partial charge in [-0.3, -0.25) is 4.98 Å². The molecule has 4 heteroatoms. The van der Waals surface area contributed by atoms with Crippen molar-refractivity contribution in [1.82, 2.24) is 9.97 Å². The lowest BCUT2D eigenvalue weighted by atomic mass is 10.2. The number of benzene rings is 1. The van der Waals surface area contributed by atoms with Crippen molar-refractivity contribution >= 4 is 17.2 Å². The van der Waals surface area contributed by atoms with Gasteiger partial charge in [0, 0.05) is 11.9 Å². The number of hydrazone groups is 1. The second-order valence-electron chi connectivity index (χ2n) is 5.18. The van der Waals surface area contributed by atoms with Crippen molar-refractivity contribution in [3.8, 4) is 0 Å². The van der Waals surface area contributed by atoms with Gasteiger partial charge in [0.25, 0.3) is 0 Å². The lowest BCUT2D eigenvalue weighted by Crippen LogP contribution is -2.14. The lowest BCUT2D eigenvalue weighted by Gasteiger charge is -2.19. The SMILES string of the molecule is C/C(=N\N(c1ccccc1)c1ccccn1)c1cccc(C)n1. The molecule has 0 bridgehead atoms. The van der Waals surface area contributed by atoms with E-state index in [1.165, 1.54) is 0 Å². The summed E-state index contributed by atoms with van der Waals surface area (Å²) in [6, 6.07) is 21.7. The maximum absolute atomic E-state index is 4.75. The number of aryl methyl sites for hydroxylation is 1. The molecule has 4 nitrogen and oxygen atoms in total. The Hall–Kier alpha value is -3.01. The van der Waals surface area contributed by atoms with Gasteiger partial charge in [-0.2, -0.15) is 5.10 Å². The molecule has 0 saturated heterocycles. The van der Waals surface area contributed by atoms with Crippen LogP contribution in [0.5, 0.6) is 0 Å². The molecule has 0 unspecified atom stereocenters. The van der Waals surface area contributed by atoms with E-state index in [0.29, 0.717) is 0 Å². The topological polar surface area (TPSA) is 41.4 Å². The van der Waals surface area contributed by atoms with Crippen LogP contribution in [0.2, 0.25) is 0 Å². The van der Waals surface area contributed by atoms with Crippen molar-refractivity contribution in [2.75, 3.05) is 5.01 Å². The fourth-order valence-corrected chi connectivity index (χ4v) is 2.24. The minimum atomic E-state index is 0.769. The molecule has 0 spiro atoms. The minimum Gasteiger partial charge on any atom is -0.252 e. The van der Waals surface area contributed by atoms with Crippen LogP contribution >= 0.6 is 0 Å². The Morgan fingerprint density at radius 2 is 1.70 bits per heavy atom. The molecule has 3 aromatic rings. The van der Waals surface area contributed by atoms with E-state index < -0.39 is 0 Å². The highest BCUT2D eigenvalue weighted by Gasteiger charge is 2.10. The zero-order valence-corrected chi connectivity index (χ0v) is 13.2. The highest BCUT2D eigenvalue weighted by Crippen LogP contribution is 2.23. The van der Waals surface area contributed by atoms with Gasteiger partial charge in [-0.15, -0.1) is 0 Å². The summed E-state index contributed by atoms with van der Waals surface area (Å²) in [5, 5.41) is 6.59. The van der Waals surface area contributed by atoms with Gasteiger partial charge in [-0.25, -0.2) is 9.99 Å². The van der Waals surface area contributed by atoms with Crippen LogP contribution in [-0.4, -0.2) is 15.7 Å². The van der Waals surface area contributed by atoms with Gasteiger partial charge in [-0.05, 0) is 50.2 Å². The van der Waals surface area contributed by atoms with E-state index in [1.807, 2.05) is 85.6 Å². The Morgan fingerprint density at radius 3 is 2.39 bits per heavy atom. The molecule has 114 valence electrons. The summed E-state index contributed by atoms with van der Waals surface area (Å²) in [6.07, 6.45) is 1.76. The number of rotatable bonds is 4. The summed E-state index contributed by atoms with van der Waals surface area (Å²) in [7, 11) is 0. The third kappa shape index (κ3) is 3.61. The van der Waals surface area contributed by atoms with Crippen molar-refractivity contribution in [3.63, 3.8) is 0 Å². The second-order valence-corrected chi connectivity index (χ2v) is 5.18. The smallest absolute Gasteiger partial charge is 0.153 e. The fourth-order valence-electron chi connectivity index (χ4n) is 2.24. The molecule has 23 heavy (non-hydrogen) atoms. The average Bonchev–Trinajstić information content (AvgIpc) is 2.61. The van der Waals surface area contributed by atoms with Crippen molar-refractivity contribution < 1.29 is 0 Å². The molecule has 0 fully saturated rings. The van der Waals surface area contributed by atoms with Crippen LogP contribution in [-0.2, 0) is 0 Å². The van der Waals surface area contributed by atoms with E-state index in [0.717, 1.165) is 28.6 Å². The number of aromatic nitrogens is 2. The van der Waals surface area contributed by atoms with Crippen LogP contribution in [0.25, 0.3) is 0 Å². The number of para-hydroxylation sites is 1. The van der Waals surface area contributed by atoms with E-state index in [4.69, 9.17) is 5.10 Å². The summed E-state index contributed by atoms with van der Waals surface area (Å²) >= 11 is 0. The fraction of sp³-hybridized carbons (Fsp3) is 0.105. The highest BCUT2D eigenvalue weighted by atomic mass is 15.5. The van der Waals surface area contributed by atoms with Crippen molar-refractivity contribution in [2.24, 2.45) is 5.10 Å². The van der Waals surface area contributed by atoms with Crippen LogP contribution in [0.15, 0.2) is 78.0 Å². The summed E-state index contributed by atoms with van der Waals surface area (Å²) in [5.74, 6) is 0.769. The Balaban J connectivity index is 2.04. The first-order chi connectivity index (χ1) is 11.2. The predicted octanol–water partition coefficient (Wildman–Crippen LogP) is 4.35. The maximum Gasteiger partial charge on any atom is 0.153 e. The van der Waals surface area contributed by atoms with Crippen molar-refractivity contribution in [2.45, 2.75) is 13.8 Å². The summed E-state index contributed by atoms with van der Waals surface area (Å²) in [5.41, 5.74) is 3.63. The number of pyridine rings is 2. The molecule has 0 aliphatic carbocycles. The molecule has 0 aliphatic heterocycles. The maximum atomic E-state index is 4.75. The molecule has 0 atom stereocenters. The van der Waals surface area contributed by atoms with Crippen LogP contribution in [0, 0.1) is 6.92 Å². The molecule has 2 aromatic heterocycles. The van der Waals surface area contributed by atoms with Crippen molar-refractivity contribution in [3.05, 3.63) is 84.3 Å². The van der Waals surface area contributed by atoms with E-state index in [9.17, 15) is 0 Å². The van der Waals surface area contributed by atoms with Crippen LogP contribution in [0.1, 0.15) is 18.3 Å². The van der Waals surface area contributed by atoms with E-state index >= 15 is 0 Å². The monoisotopic (exact) mass is 302 g/mol. The molecule has 3 rings (SSSR count). The van der Waals surface area contributed by atoms with Crippen molar-refractivity contribution in [1.29, 1.82) is 0 Å². The number of anilines is 2. The van der Waals surface area contributed by atoms with E-state index in [-0.39, 0.29) is 0 Å². The molecule has 0 saturated carbocycles. The first-order valence-corrected chi connectivity index (χ1v) is 7.49. The number of nitrogens with zero attached hydrogens (tertiary/aromatic N) is 4. The van der Waals surface area contributed by atoms with Gasteiger partial charge in [0.05, 0.1) is 17.1 Å². The van der Waals surface area contributed by atoms with Gasteiger partial charge in [0.2, 0.25) is 0 Å². The zero-order chi connectivity index (χ0) is 16.1. The normalized spacial score (nSPS) is 11.3. The molecule has 0 N–H and O–H groups in total. The summed E-state index contributed by atoms with van der Waals surface area (Å²) < 4.78 is 0.